The molecule has 130 valence electrons. The molecule has 6 nitrogen and oxygen atoms in total. The summed E-state index contributed by atoms with van der Waals surface area (Å²) in [5, 5.41) is 2.86. The second-order valence-corrected chi connectivity index (χ2v) is 5.90. The zero-order valence-corrected chi connectivity index (χ0v) is 14.3. The lowest BCUT2D eigenvalue weighted by atomic mass is 10.2. The number of nitrogens with zero attached hydrogens (tertiary/aromatic N) is 3. The monoisotopic (exact) mass is 338 g/mol. The van der Waals surface area contributed by atoms with Crippen molar-refractivity contribution in [3.8, 4) is 0 Å². The van der Waals surface area contributed by atoms with Gasteiger partial charge in [-0.1, -0.05) is 24.3 Å². The molecule has 1 fully saturated rings. The normalized spacial score (nSPS) is 16.8. The average Bonchev–Trinajstić information content (AvgIpc) is 3.04. The lowest BCUT2D eigenvalue weighted by Gasteiger charge is -2.27. The van der Waals surface area contributed by atoms with Gasteiger partial charge in [0.15, 0.2) is 0 Å². The van der Waals surface area contributed by atoms with Gasteiger partial charge in [0.2, 0.25) is 5.91 Å². The highest BCUT2D eigenvalue weighted by molar-refractivity contribution is 6.01. The molecular formula is C19H22N4O2. The van der Waals surface area contributed by atoms with Gasteiger partial charge in [0, 0.05) is 25.0 Å². The van der Waals surface area contributed by atoms with Gasteiger partial charge in [0.1, 0.15) is 6.04 Å². The summed E-state index contributed by atoms with van der Waals surface area (Å²) in [6, 6.07) is 14.5. The van der Waals surface area contributed by atoms with Crippen molar-refractivity contribution in [1.82, 2.24) is 15.2 Å². The fraction of sp³-hybridized carbons (Fsp3) is 0.316. The molecule has 2 heterocycles. The number of hydrogen-bond donors (Lipinski definition) is 1. The summed E-state index contributed by atoms with van der Waals surface area (Å²) in [6.45, 7) is 3.34. The predicted molar refractivity (Wildman–Crippen MR) is 96.1 cm³/mol. The number of amides is 3. The number of urea groups is 1. The molecule has 0 saturated carbocycles. The number of hydrogen-bond acceptors (Lipinski definition) is 3. The molecule has 1 aliphatic heterocycles. The van der Waals surface area contributed by atoms with Crippen LogP contribution in [-0.2, 0) is 11.3 Å². The van der Waals surface area contributed by atoms with Crippen LogP contribution in [0.2, 0.25) is 0 Å². The molecule has 2 aromatic rings. The van der Waals surface area contributed by atoms with Crippen molar-refractivity contribution in [3.05, 3.63) is 60.4 Å². The van der Waals surface area contributed by atoms with E-state index in [0.717, 1.165) is 11.4 Å². The number of nitrogens with one attached hydrogen (secondary N) is 1. The molecule has 1 atom stereocenters. The highest BCUT2D eigenvalue weighted by Gasteiger charge is 2.38. The van der Waals surface area contributed by atoms with Crippen LogP contribution in [0.1, 0.15) is 19.0 Å². The van der Waals surface area contributed by atoms with Gasteiger partial charge in [-0.2, -0.15) is 0 Å². The summed E-state index contributed by atoms with van der Waals surface area (Å²) >= 11 is 0. The lowest BCUT2D eigenvalue weighted by Crippen LogP contribution is -2.49. The highest BCUT2D eigenvalue weighted by Crippen LogP contribution is 2.24. The zero-order chi connectivity index (χ0) is 17.6. The summed E-state index contributed by atoms with van der Waals surface area (Å²) < 4.78 is 0. The standard InChI is InChI=1S/C19H22N4O2/c1-2-22(19(25)21-14-15-8-6-7-12-20-15)17-11-13-23(18(17)24)16-9-4-3-5-10-16/h3-10,12,17H,2,11,13-14H2,1H3,(H,21,25)/t17-/m0/s1. The molecule has 3 rings (SSSR count). The van der Waals surface area contributed by atoms with Crippen LogP contribution in [0.15, 0.2) is 54.7 Å². The van der Waals surface area contributed by atoms with Crippen LogP contribution in [0.3, 0.4) is 0 Å². The van der Waals surface area contributed by atoms with E-state index >= 15 is 0 Å². The molecule has 0 unspecified atom stereocenters. The lowest BCUT2D eigenvalue weighted by molar-refractivity contribution is -0.120. The smallest absolute Gasteiger partial charge is 0.318 e. The van der Waals surface area contributed by atoms with E-state index in [1.165, 1.54) is 0 Å². The van der Waals surface area contributed by atoms with E-state index in [1.807, 2.05) is 55.5 Å². The minimum absolute atomic E-state index is 0.0268. The van der Waals surface area contributed by atoms with Gasteiger partial charge >= 0.3 is 6.03 Å². The van der Waals surface area contributed by atoms with Crippen molar-refractivity contribution in [2.75, 3.05) is 18.0 Å². The van der Waals surface area contributed by atoms with Gasteiger partial charge in [-0.3, -0.25) is 9.78 Å². The van der Waals surface area contributed by atoms with E-state index in [4.69, 9.17) is 0 Å². The van der Waals surface area contributed by atoms with E-state index in [1.54, 1.807) is 16.0 Å². The number of pyridine rings is 1. The number of carbonyl (C=O) groups is 2. The Morgan fingerprint density at radius 3 is 2.68 bits per heavy atom. The Kier molecular flexibility index (Phi) is 5.28. The number of carbonyl (C=O) groups excluding carboxylic acids is 2. The van der Waals surface area contributed by atoms with E-state index in [9.17, 15) is 9.59 Å². The van der Waals surface area contributed by atoms with Gasteiger partial charge in [-0.05, 0) is 37.6 Å². The molecular weight excluding hydrogens is 316 g/mol. The van der Waals surface area contributed by atoms with Crippen LogP contribution in [0, 0.1) is 0 Å². The van der Waals surface area contributed by atoms with E-state index < -0.39 is 6.04 Å². The quantitative estimate of drug-likeness (QED) is 0.910. The summed E-state index contributed by atoms with van der Waals surface area (Å²) in [5.74, 6) is -0.0268. The van der Waals surface area contributed by atoms with Crippen molar-refractivity contribution < 1.29 is 9.59 Å². The van der Waals surface area contributed by atoms with Crippen LogP contribution in [-0.4, -0.2) is 41.0 Å². The first-order valence-electron chi connectivity index (χ1n) is 8.51. The van der Waals surface area contributed by atoms with Crippen molar-refractivity contribution in [1.29, 1.82) is 0 Å². The highest BCUT2D eigenvalue weighted by atomic mass is 16.2. The molecule has 1 saturated heterocycles. The molecule has 1 aliphatic rings. The molecule has 1 N–H and O–H groups in total. The van der Waals surface area contributed by atoms with Crippen LogP contribution in [0.25, 0.3) is 0 Å². The van der Waals surface area contributed by atoms with Crippen molar-refractivity contribution >= 4 is 17.6 Å². The fourth-order valence-electron chi connectivity index (χ4n) is 3.09. The summed E-state index contributed by atoms with van der Waals surface area (Å²) in [6.07, 6.45) is 2.33. The third kappa shape index (κ3) is 3.79. The second kappa shape index (κ2) is 7.79. The molecule has 1 aromatic heterocycles. The van der Waals surface area contributed by atoms with Crippen LogP contribution < -0.4 is 10.2 Å². The van der Waals surface area contributed by atoms with Crippen molar-refractivity contribution in [2.45, 2.75) is 25.9 Å². The van der Waals surface area contributed by atoms with Gasteiger partial charge in [0.05, 0.1) is 12.2 Å². The molecule has 1 aromatic carbocycles. The van der Waals surface area contributed by atoms with Crippen molar-refractivity contribution in [2.24, 2.45) is 0 Å². The first kappa shape index (κ1) is 17.0. The Bertz CT molecular complexity index is 721. The van der Waals surface area contributed by atoms with E-state index in [-0.39, 0.29) is 11.9 Å². The third-order valence-corrected chi connectivity index (χ3v) is 4.37. The van der Waals surface area contributed by atoms with E-state index in [2.05, 4.69) is 10.3 Å². The molecule has 0 bridgehead atoms. The summed E-state index contributed by atoms with van der Waals surface area (Å²) in [7, 11) is 0. The minimum atomic E-state index is -0.422. The molecule has 0 aliphatic carbocycles. The van der Waals surface area contributed by atoms with Gasteiger partial charge < -0.3 is 15.1 Å². The third-order valence-electron chi connectivity index (χ3n) is 4.37. The van der Waals surface area contributed by atoms with E-state index in [0.29, 0.717) is 26.1 Å². The van der Waals surface area contributed by atoms with Crippen molar-refractivity contribution in [3.63, 3.8) is 0 Å². The number of para-hydroxylation sites is 1. The number of likely N-dealkylation sites (N-methyl/N-ethyl adjacent to an activating group) is 1. The molecule has 6 heteroatoms. The maximum Gasteiger partial charge on any atom is 0.318 e. The number of aromatic nitrogens is 1. The number of anilines is 1. The molecule has 0 radical (unpaired) electrons. The first-order chi connectivity index (χ1) is 12.2. The fourth-order valence-corrected chi connectivity index (χ4v) is 3.09. The molecule has 0 spiro atoms. The zero-order valence-electron chi connectivity index (χ0n) is 14.3. The topological polar surface area (TPSA) is 65.5 Å². The second-order valence-electron chi connectivity index (χ2n) is 5.90. The molecule has 3 amide bonds. The maximum absolute atomic E-state index is 12.8. The molecule has 25 heavy (non-hydrogen) atoms. The SMILES string of the molecule is CCN(C(=O)NCc1ccccn1)[C@H]1CCN(c2ccccc2)C1=O. The van der Waals surface area contributed by atoms with Gasteiger partial charge in [-0.15, -0.1) is 0 Å². The Morgan fingerprint density at radius 2 is 2.00 bits per heavy atom. The minimum Gasteiger partial charge on any atom is -0.332 e. The van der Waals surface area contributed by atoms with Crippen LogP contribution >= 0.6 is 0 Å². The number of benzene rings is 1. The Hall–Kier alpha value is -2.89. The Morgan fingerprint density at radius 1 is 1.24 bits per heavy atom. The number of rotatable bonds is 5. The largest absolute Gasteiger partial charge is 0.332 e. The van der Waals surface area contributed by atoms with Crippen LogP contribution in [0.4, 0.5) is 10.5 Å². The Balaban J connectivity index is 1.64. The first-order valence-corrected chi connectivity index (χ1v) is 8.51. The average molecular weight is 338 g/mol. The predicted octanol–water partition coefficient (Wildman–Crippen LogP) is 2.42. The van der Waals surface area contributed by atoms with Gasteiger partial charge in [0.25, 0.3) is 0 Å². The van der Waals surface area contributed by atoms with Gasteiger partial charge in [-0.25, -0.2) is 4.79 Å². The Labute approximate surface area is 147 Å². The summed E-state index contributed by atoms with van der Waals surface area (Å²) in [5.41, 5.74) is 1.66. The summed E-state index contributed by atoms with van der Waals surface area (Å²) in [4.78, 5) is 32.9. The maximum atomic E-state index is 12.8. The van der Waals surface area contributed by atoms with Crippen LogP contribution in [0.5, 0.6) is 0 Å².